The van der Waals surface area contributed by atoms with Gasteiger partial charge in [0.2, 0.25) is 0 Å². The van der Waals surface area contributed by atoms with E-state index in [9.17, 15) is 9.65 Å². The van der Waals surface area contributed by atoms with E-state index in [2.05, 4.69) is 10.3 Å². The second kappa shape index (κ2) is 6.28. The SMILES string of the molecule is COc1ccccc1-c1c(C#N)nnn1Cc1cccc(F)c1. The molecule has 3 aromatic rings. The molecular formula is C17H13FN4O. The van der Waals surface area contributed by atoms with Gasteiger partial charge in [-0.2, -0.15) is 5.26 Å². The predicted octanol–water partition coefficient (Wildman–Crippen LogP) is 3.01. The summed E-state index contributed by atoms with van der Waals surface area (Å²) in [5, 5.41) is 17.2. The molecule has 0 radical (unpaired) electrons. The number of benzene rings is 2. The van der Waals surface area contributed by atoms with Crippen molar-refractivity contribution in [3.05, 3.63) is 65.6 Å². The Morgan fingerprint density at radius 3 is 2.78 bits per heavy atom. The summed E-state index contributed by atoms with van der Waals surface area (Å²) in [6, 6.07) is 15.6. The second-order valence-corrected chi connectivity index (χ2v) is 4.89. The summed E-state index contributed by atoms with van der Waals surface area (Å²) >= 11 is 0. The molecule has 0 spiro atoms. The molecule has 23 heavy (non-hydrogen) atoms. The molecule has 0 aliphatic heterocycles. The van der Waals surface area contributed by atoms with Gasteiger partial charge in [0.15, 0.2) is 5.69 Å². The monoisotopic (exact) mass is 308 g/mol. The van der Waals surface area contributed by atoms with Gasteiger partial charge in [-0.15, -0.1) is 5.10 Å². The van der Waals surface area contributed by atoms with Crippen molar-refractivity contribution in [2.24, 2.45) is 0 Å². The molecule has 3 rings (SSSR count). The third-order valence-corrected chi connectivity index (χ3v) is 3.42. The molecule has 1 heterocycles. The van der Waals surface area contributed by atoms with Crippen LogP contribution in [0.2, 0.25) is 0 Å². The zero-order valence-corrected chi connectivity index (χ0v) is 12.4. The number of methoxy groups -OCH3 is 1. The van der Waals surface area contributed by atoms with Gasteiger partial charge in [0.1, 0.15) is 23.3 Å². The quantitative estimate of drug-likeness (QED) is 0.743. The van der Waals surface area contributed by atoms with Gasteiger partial charge in [-0.1, -0.05) is 29.5 Å². The summed E-state index contributed by atoms with van der Waals surface area (Å²) in [5.41, 5.74) is 2.20. The Hall–Kier alpha value is -3.20. The van der Waals surface area contributed by atoms with Gasteiger partial charge in [0.25, 0.3) is 0 Å². The van der Waals surface area contributed by atoms with E-state index in [1.807, 2.05) is 24.3 Å². The van der Waals surface area contributed by atoms with Gasteiger partial charge in [-0.3, -0.25) is 0 Å². The highest BCUT2D eigenvalue weighted by molar-refractivity contribution is 5.71. The smallest absolute Gasteiger partial charge is 0.190 e. The molecule has 0 saturated carbocycles. The average Bonchev–Trinajstić information content (AvgIpc) is 2.97. The van der Waals surface area contributed by atoms with E-state index in [0.29, 0.717) is 23.6 Å². The summed E-state index contributed by atoms with van der Waals surface area (Å²) < 4.78 is 20.3. The van der Waals surface area contributed by atoms with Crippen LogP contribution in [-0.2, 0) is 6.54 Å². The number of hydrogen-bond donors (Lipinski definition) is 0. The molecule has 0 aliphatic carbocycles. The first-order chi connectivity index (χ1) is 11.2. The third kappa shape index (κ3) is 2.90. The van der Waals surface area contributed by atoms with Crippen LogP contribution >= 0.6 is 0 Å². The van der Waals surface area contributed by atoms with Crippen molar-refractivity contribution in [2.45, 2.75) is 6.54 Å². The maximum absolute atomic E-state index is 13.4. The molecule has 0 amide bonds. The first-order valence-electron chi connectivity index (χ1n) is 6.94. The van der Waals surface area contributed by atoms with Crippen molar-refractivity contribution in [1.29, 1.82) is 5.26 Å². The highest BCUT2D eigenvalue weighted by Gasteiger charge is 2.18. The van der Waals surface area contributed by atoms with Gasteiger partial charge in [-0.25, -0.2) is 9.07 Å². The summed E-state index contributed by atoms with van der Waals surface area (Å²) in [5.74, 6) is 0.300. The predicted molar refractivity (Wildman–Crippen MR) is 82.2 cm³/mol. The zero-order valence-electron chi connectivity index (χ0n) is 12.4. The fourth-order valence-electron chi connectivity index (χ4n) is 2.41. The number of para-hydroxylation sites is 1. The van der Waals surface area contributed by atoms with Crippen molar-refractivity contribution < 1.29 is 9.13 Å². The number of ether oxygens (including phenoxy) is 1. The van der Waals surface area contributed by atoms with Crippen molar-refractivity contribution in [2.75, 3.05) is 7.11 Å². The highest BCUT2D eigenvalue weighted by Crippen LogP contribution is 2.31. The number of nitriles is 1. The molecule has 0 N–H and O–H groups in total. The van der Waals surface area contributed by atoms with Crippen molar-refractivity contribution in [3.63, 3.8) is 0 Å². The van der Waals surface area contributed by atoms with E-state index in [-0.39, 0.29) is 11.5 Å². The van der Waals surface area contributed by atoms with Crippen LogP contribution in [0.25, 0.3) is 11.3 Å². The topological polar surface area (TPSA) is 63.7 Å². The van der Waals surface area contributed by atoms with E-state index in [1.54, 1.807) is 30.0 Å². The van der Waals surface area contributed by atoms with Crippen LogP contribution in [0.5, 0.6) is 5.75 Å². The van der Waals surface area contributed by atoms with Crippen molar-refractivity contribution in [3.8, 4) is 23.1 Å². The summed E-state index contributed by atoms with van der Waals surface area (Å²) in [6.45, 7) is 0.305. The molecule has 0 unspecified atom stereocenters. The molecule has 5 nitrogen and oxygen atoms in total. The summed E-state index contributed by atoms with van der Waals surface area (Å²) in [4.78, 5) is 0. The lowest BCUT2D eigenvalue weighted by Crippen LogP contribution is -2.05. The van der Waals surface area contributed by atoms with Crippen molar-refractivity contribution >= 4 is 0 Å². The first-order valence-corrected chi connectivity index (χ1v) is 6.94. The maximum Gasteiger partial charge on any atom is 0.190 e. The minimum Gasteiger partial charge on any atom is -0.496 e. The Morgan fingerprint density at radius 1 is 1.22 bits per heavy atom. The van der Waals surface area contributed by atoms with Gasteiger partial charge in [0.05, 0.1) is 13.7 Å². The highest BCUT2D eigenvalue weighted by atomic mass is 19.1. The van der Waals surface area contributed by atoms with Gasteiger partial charge in [-0.05, 0) is 29.8 Å². The molecule has 0 fully saturated rings. The maximum atomic E-state index is 13.4. The molecule has 0 bridgehead atoms. The van der Waals surface area contributed by atoms with Crippen LogP contribution in [0.15, 0.2) is 48.5 Å². The number of halogens is 1. The Balaban J connectivity index is 2.10. The van der Waals surface area contributed by atoms with Crippen LogP contribution < -0.4 is 4.74 Å². The van der Waals surface area contributed by atoms with Gasteiger partial charge >= 0.3 is 0 Å². The van der Waals surface area contributed by atoms with E-state index in [0.717, 1.165) is 5.56 Å². The van der Waals surface area contributed by atoms with Crippen molar-refractivity contribution in [1.82, 2.24) is 15.0 Å². The molecule has 0 aliphatic rings. The lowest BCUT2D eigenvalue weighted by Gasteiger charge is -2.10. The number of hydrogen-bond acceptors (Lipinski definition) is 4. The lowest BCUT2D eigenvalue weighted by molar-refractivity contribution is 0.416. The van der Waals surface area contributed by atoms with Crippen LogP contribution in [0.3, 0.4) is 0 Å². The van der Waals surface area contributed by atoms with Crippen LogP contribution in [0, 0.1) is 17.1 Å². The van der Waals surface area contributed by atoms with Gasteiger partial charge in [0, 0.05) is 5.56 Å². The van der Waals surface area contributed by atoms with Crippen LogP contribution in [-0.4, -0.2) is 22.1 Å². The molecule has 114 valence electrons. The van der Waals surface area contributed by atoms with E-state index in [4.69, 9.17) is 4.74 Å². The molecule has 6 heteroatoms. The Kier molecular flexibility index (Phi) is 4.02. The number of nitrogens with zero attached hydrogens (tertiary/aromatic N) is 4. The zero-order chi connectivity index (χ0) is 16.2. The number of rotatable bonds is 4. The van der Waals surface area contributed by atoms with Crippen LogP contribution in [0.1, 0.15) is 11.3 Å². The first kappa shape index (κ1) is 14.7. The molecule has 0 atom stereocenters. The Labute approximate surface area is 132 Å². The third-order valence-electron chi connectivity index (χ3n) is 3.42. The Morgan fingerprint density at radius 2 is 2.04 bits per heavy atom. The minimum absolute atomic E-state index is 0.200. The average molecular weight is 308 g/mol. The fourth-order valence-corrected chi connectivity index (χ4v) is 2.41. The van der Waals surface area contributed by atoms with Crippen LogP contribution in [0.4, 0.5) is 4.39 Å². The summed E-state index contributed by atoms with van der Waals surface area (Å²) in [7, 11) is 1.56. The standard InChI is InChI=1S/C17H13FN4O/c1-23-16-8-3-2-7-14(16)17-15(10-19)20-21-22(17)11-12-5-4-6-13(18)9-12/h2-9H,11H2,1H3. The lowest BCUT2D eigenvalue weighted by atomic mass is 10.1. The molecular weight excluding hydrogens is 295 g/mol. The molecule has 0 saturated heterocycles. The van der Waals surface area contributed by atoms with E-state index in [1.165, 1.54) is 12.1 Å². The largest absolute Gasteiger partial charge is 0.496 e. The Bertz CT molecular complexity index is 882. The molecule has 2 aromatic carbocycles. The fraction of sp³-hybridized carbons (Fsp3) is 0.118. The molecule has 1 aromatic heterocycles. The van der Waals surface area contributed by atoms with E-state index >= 15 is 0 Å². The number of aromatic nitrogens is 3. The second-order valence-electron chi connectivity index (χ2n) is 4.89. The normalized spacial score (nSPS) is 10.3. The van der Waals surface area contributed by atoms with Gasteiger partial charge < -0.3 is 4.74 Å². The minimum atomic E-state index is -0.318. The summed E-state index contributed by atoms with van der Waals surface area (Å²) in [6.07, 6.45) is 0. The van der Waals surface area contributed by atoms with E-state index < -0.39 is 0 Å².